The minimum Gasteiger partial charge on any atom is -0.394 e. The van der Waals surface area contributed by atoms with Gasteiger partial charge in [-0.25, -0.2) is 4.79 Å². The van der Waals surface area contributed by atoms with Gasteiger partial charge in [0, 0.05) is 12.6 Å². The molecule has 11 heteroatoms. The molecule has 2 heterocycles. The molecule has 10 nitrogen and oxygen atoms in total. The lowest BCUT2D eigenvalue weighted by Crippen LogP contribution is -2.40. The van der Waals surface area contributed by atoms with Gasteiger partial charge >= 0.3 is 13.3 Å². The zero-order valence-electron chi connectivity index (χ0n) is 10.0. The van der Waals surface area contributed by atoms with Crippen LogP contribution in [0.3, 0.4) is 0 Å². The van der Waals surface area contributed by atoms with Gasteiger partial charge in [0.25, 0.3) is 5.56 Å². The van der Waals surface area contributed by atoms with E-state index < -0.39 is 49.2 Å². The Kier molecular flexibility index (Phi) is 3.96. The third-order valence-corrected chi connectivity index (χ3v) is 3.90. The normalized spacial score (nSPS) is 26.9. The fraction of sp³-hybridized carbons (Fsp3) is 0.556. The highest BCUT2D eigenvalue weighted by atomic mass is 31.2. The summed E-state index contributed by atoms with van der Waals surface area (Å²) in [6.07, 6.45) is -2.31. The first-order chi connectivity index (χ1) is 9.24. The van der Waals surface area contributed by atoms with Crippen LogP contribution in [-0.4, -0.2) is 48.4 Å². The van der Waals surface area contributed by atoms with Crippen LogP contribution in [-0.2, 0) is 9.30 Å². The first kappa shape index (κ1) is 15.1. The van der Waals surface area contributed by atoms with Crippen molar-refractivity contribution >= 4 is 12.9 Å². The molecular weight excluding hydrogens is 295 g/mol. The van der Waals surface area contributed by atoms with E-state index in [1.807, 2.05) is 0 Å². The zero-order chi connectivity index (χ0) is 15.1. The van der Waals surface area contributed by atoms with Gasteiger partial charge in [0.15, 0.2) is 0 Å². The molecule has 0 unspecified atom stereocenters. The van der Waals surface area contributed by atoms with E-state index in [2.05, 4.69) is 0 Å². The van der Waals surface area contributed by atoms with Crippen molar-refractivity contribution < 1.29 is 29.3 Å². The number of aliphatic hydroxyl groups is 2. The van der Waals surface area contributed by atoms with Crippen molar-refractivity contribution in [3.05, 3.63) is 27.0 Å². The van der Waals surface area contributed by atoms with Crippen LogP contribution in [0, 0.1) is 0 Å². The largest absolute Gasteiger partial charge is 0.394 e. The van der Waals surface area contributed by atoms with Gasteiger partial charge in [-0.05, 0) is 0 Å². The molecule has 0 amide bonds. The van der Waals surface area contributed by atoms with Crippen LogP contribution in [0.25, 0.3) is 0 Å². The molecule has 1 aliphatic rings. The van der Waals surface area contributed by atoms with E-state index in [0.29, 0.717) is 6.20 Å². The molecule has 5 N–H and O–H groups in total. The van der Waals surface area contributed by atoms with E-state index in [4.69, 9.17) is 19.6 Å². The summed E-state index contributed by atoms with van der Waals surface area (Å²) in [6.45, 7) is -0.471. The van der Waals surface area contributed by atoms with Gasteiger partial charge in [-0.3, -0.25) is 18.9 Å². The molecule has 1 aromatic heterocycles. The Morgan fingerprint density at radius 2 is 2.10 bits per heavy atom. The zero-order valence-corrected chi connectivity index (χ0v) is 10.9. The lowest BCUT2D eigenvalue weighted by molar-refractivity contribution is -0.0458. The Morgan fingerprint density at radius 1 is 1.45 bits per heavy atom. The quantitative estimate of drug-likeness (QED) is 0.368. The summed E-state index contributed by atoms with van der Waals surface area (Å²) in [6, 6.07) is 0. The molecule has 0 aliphatic carbocycles. The Balaban J connectivity index is 2.46. The number of aromatic amines is 1. The van der Waals surface area contributed by atoms with Crippen LogP contribution in [0.15, 0.2) is 15.8 Å². The molecule has 0 bridgehead atoms. The van der Waals surface area contributed by atoms with Crippen molar-refractivity contribution in [2.24, 2.45) is 0 Å². The second-order valence-electron chi connectivity index (χ2n) is 4.34. The topological polar surface area (TPSA) is 162 Å². The minimum atomic E-state index is -4.85. The van der Waals surface area contributed by atoms with Crippen LogP contribution in [0.5, 0.6) is 0 Å². The first-order valence-corrected chi connectivity index (χ1v) is 7.21. The van der Waals surface area contributed by atoms with Gasteiger partial charge in [-0.2, -0.15) is 0 Å². The third-order valence-electron chi connectivity index (χ3n) is 2.96. The number of hydrogen-bond acceptors (Lipinski definition) is 6. The standard InChI is InChI=1S/C9H13N2O8P/c12-3-5-4(13)1-7(19-5)11-2-6(20(16,17)18)8(14)10-9(11)15/h2,4-5,7,12-13H,1,3H2,(H,10,14,15)(H2,16,17,18)/t4-,5+,7+/m0/s1. The second kappa shape index (κ2) is 5.24. The minimum absolute atomic E-state index is 0.0578. The van der Waals surface area contributed by atoms with Crippen molar-refractivity contribution in [1.82, 2.24) is 9.55 Å². The van der Waals surface area contributed by atoms with Gasteiger partial charge < -0.3 is 24.7 Å². The third kappa shape index (κ3) is 2.75. The summed E-state index contributed by atoms with van der Waals surface area (Å²) in [5, 5.41) is 17.6. The van der Waals surface area contributed by atoms with Gasteiger partial charge in [0.1, 0.15) is 17.6 Å². The number of rotatable bonds is 3. The SMILES string of the molecule is O=c1[nH]c(=O)n([C@H]2C[C@H](O)[C@@H](CO)O2)cc1P(=O)(O)O. The first-order valence-electron chi connectivity index (χ1n) is 5.60. The summed E-state index contributed by atoms with van der Waals surface area (Å²) in [5.74, 6) is 0. The molecule has 112 valence electrons. The molecule has 1 saturated heterocycles. The molecule has 2 rings (SSSR count). The number of hydrogen-bond donors (Lipinski definition) is 5. The van der Waals surface area contributed by atoms with Crippen molar-refractivity contribution in [2.45, 2.75) is 24.9 Å². The summed E-state index contributed by atoms with van der Waals surface area (Å²) in [4.78, 5) is 42.8. The summed E-state index contributed by atoms with van der Waals surface area (Å²) in [5.41, 5.74) is -2.11. The average Bonchev–Trinajstić information content (AvgIpc) is 2.68. The molecule has 0 spiro atoms. The Hall–Kier alpha value is -1.29. The maximum atomic E-state index is 11.6. The van der Waals surface area contributed by atoms with Crippen molar-refractivity contribution in [3.63, 3.8) is 0 Å². The number of nitrogens with one attached hydrogen (secondary N) is 1. The predicted molar refractivity (Wildman–Crippen MR) is 64.6 cm³/mol. The van der Waals surface area contributed by atoms with Crippen LogP contribution in [0.4, 0.5) is 0 Å². The molecule has 1 aliphatic heterocycles. The van der Waals surface area contributed by atoms with Crippen LogP contribution in [0.1, 0.15) is 12.6 Å². The highest BCUT2D eigenvalue weighted by Crippen LogP contribution is 2.32. The molecule has 1 aromatic rings. The Labute approximate surface area is 111 Å². The van der Waals surface area contributed by atoms with E-state index in [9.17, 15) is 19.3 Å². The fourth-order valence-corrected chi connectivity index (χ4v) is 2.54. The van der Waals surface area contributed by atoms with Crippen molar-refractivity contribution in [3.8, 4) is 0 Å². The van der Waals surface area contributed by atoms with E-state index >= 15 is 0 Å². The molecule has 3 atom stereocenters. The van der Waals surface area contributed by atoms with Gasteiger partial charge in [-0.15, -0.1) is 0 Å². The fourth-order valence-electron chi connectivity index (χ4n) is 1.95. The Bertz CT molecular complexity index is 661. The molecule has 0 aromatic carbocycles. The molecular formula is C9H13N2O8P. The van der Waals surface area contributed by atoms with Crippen LogP contribution < -0.4 is 16.6 Å². The number of aliphatic hydroxyl groups excluding tert-OH is 2. The maximum absolute atomic E-state index is 11.6. The lowest BCUT2D eigenvalue weighted by Gasteiger charge is -2.15. The molecule has 1 fully saturated rings. The maximum Gasteiger partial charge on any atom is 0.363 e. The van der Waals surface area contributed by atoms with E-state index in [0.717, 1.165) is 4.57 Å². The lowest BCUT2D eigenvalue weighted by atomic mass is 10.2. The summed E-state index contributed by atoms with van der Waals surface area (Å²) in [7, 11) is -4.85. The predicted octanol–water partition coefficient (Wildman–Crippen LogP) is -3.02. The number of nitrogens with zero attached hydrogens (tertiary/aromatic N) is 1. The summed E-state index contributed by atoms with van der Waals surface area (Å²) >= 11 is 0. The van der Waals surface area contributed by atoms with Crippen LogP contribution in [0.2, 0.25) is 0 Å². The Morgan fingerprint density at radius 3 is 2.60 bits per heavy atom. The molecule has 0 saturated carbocycles. The number of H-pyrrole nitrogens is 1. The summed E-state index contributed by atoms with van der Waals surface area (Å²) < 4.78 is 17.1. The van der Waals surface area contributed by atoms with Gasteiger partial charge in [0.05, 0.1) is 12.7 Å². The molecule has 0 radical (unpaired) electrons. The second-order valence-corrected chi connectivity index (χ2v) is 5.91. The number of ether oxygens (including phenoxy) is 1. The monoisotopic (exact) mass is 308 g/mol. The van der Waals surface area contributed by atoms with Crippen molar-refractivity contribution in [2.75, 3.05) is 6.61 Å². The highest BCUT2D eigenvalue weighted by molar-refractivity contribution is 7.60. The highest BCUT2D eigenvalue weighted by Gasteiger charge is 2.36. The number of aromatic nitrogens is 2. The van der Waals surface area contributed by atoms with Crippen molar-refractivity contribution in [1.29, 1.82) is 0 Å². The average molecular weight is 308 g/mol. The van der Waals surface area contributed by atoms with Crippen LogP contribution >= 0.6 is 7.60 Å². The van der Waals surface area contributed by atoms with Gasteiger partial charge in [0.2, 0.25) is 0 Å². The van der Waals surface area contributed by atoms with Gasteiger partial charge in [-0.1, -0.05) is 0 Å². The van der Waals surface area contributed by atoms with E-state index in [-0.39, 0.29) is 6.42 Å². The smallest absolute Gasteiger partial charge is 0.363 e. The van der Waals surface area contributed by atoms with E-state index in [1.54, 1.807) is 4.98 Å². The molecule has 20 heavy (non-hydrogen) atoms. The van der Waals surface area contributed by atoms with E-state index in [1.165, 1.54) is 0 Å².